The second-order valence-electron chi connectivity index (χ2n) is 7.07. The molecule has 0 spiro atoms. The first-order valence-corrected chi connectivity index (χ1v) is 9.20. The zero-order valence-electron chi connectivity index (χ0n) is 15.4. The van der Waals surface area contributed by atoms with Crippen molar-refractivity contribution in [2.45, 2.75) is 31.9 Å². The molecular weight excluding hydrogens is 362 g/mol. The zero-order valence-corrected chi connectivity index (χ0v) is 15.4. The number of pyridine rings is 1. The van der Waals surface area contributed by atoms with Gasteiger partial charge in [-0.15, -0.1) is 0 Å². The molecule has 0 atom stereocenters. The van der Waals surface area contributed by atoms with E-state index in [0.717, 1.165) is 35.0 Å². The number of hydrogen-bond acceptors (Lipinski definition) is 3. The Morgan fingerprint density at radius 3 is 2.57 bits per heavy atom. The molecule has 0 radical (unpaired) electrons. The van der Waals surface area contributed by atoms with Crippen LogP contribution in [0.4, 0.5) is 8.78 Å². The summed E-state index contributed by atoms with van der Waals surface area (Å²) in [5.74, 6) is 0.458. The normalized spacial score (nSPS) is 13.7. The van der Waals surface area contributed by atoms with E-state index in [1.165, 1.54) is 12.1 Å². The summed E-state index contributed by atoms with van der Waals surface area (Å²) in [6.45, 7) is -2.49. The molecule has 6 heteroatoms. The van der Waals surface area contributed by atoms with Gasteiger partial charge in [0.1, 0.15) is 5.75 Å². The van der Waals surface area contributed by atoms with Crippen LogP contribution in [0.25, 0.3) is 10.9 Å². The maximum Gasteiger partial charge on any atom is 0.387 e. The number of aromatic nitrogens is 1. The van der Waals surface area contributed by atoms with Crippen LogP contribution in [0.2, 0.25) is 0 Å². The van der Waals surface area contributed by atoms with Crippen LogP contribution in [0.3, 0.4) is 0 Å². The highest BCUT2D eigenvalue weighted by molar-refractivity contribution is 6.06. The second kappa shape index (κ2) is 7.54. The molecular formula is C22H20F2N2O2. The molecule has 144 valence electrons. The van der Waals surface area contributed by atoms with Crippen molar-refractivity contribution in [2.75, 3.05) is 7.05 Å². The summed E-state index contributed by atoms with van der Waals surface area (Å²) in [6.07, 6.45) is 2.23. The van der Waals surface area contributed by atoms with Crippen molar-refractivity contribution >= 4 is 16.8 Å². The quantitative estimate of drug-likeness (QED) is 0.603. The molecule has 0 saturated heterocycles. The average Bonchev–Trinajstić information content (AvgIpc) is 3.53. The van der Waals surface area contributed by atoms with Gasteiger partial charge in [-0.2, -0.15) is 8.78 Å². The number of carbonyl (C=O) groups is 1. The summed E-state index contributed by atoms with van der Waals surface area (Å²) in [5.41, 5.74) is 3.28. The van der Waals surface area contributed by atoms with E-state index in [4.69, 9.17) is 4.98 Å². The van der Waals surface area contributed by atoms with Gasteiger partial charge in [0, 0.05) is 30.6 Å². The predicted molar refractivity (Wildman–Crippen MR) is 103 cm³/mol. The molecule has 0 N–H and O–H groups in total. The minimum atomic E-state index is -2.85. The van der Waals surface area contributed by atoms with Gasteiger partial charge in [0.2, 0.25) is 0 Å². The number of fused-ring (bicyclic) bond motifs is 1. The van der Waals surface area contributed by atoms with Crippen molar-refractivity contribution < 1.29 is 18.3 Å². The van der Waals surface area contributed by atoms with Crippen molar-refractivity contribution in [3.8, 4) is 5.75 Å². The van der Waals surface area contributed by atoms with Gasteiger partial charge >= 0.3 is 6.61 Å². The van der Waals surface area contributed by atoms with Gasteiger partial charge in [-0.25, -0.2) is 0 Å². The van der Waals surface area contributed by atoms with E-state index in [2.05, 4.69) is 4.74 Å². The lowest BCUT2D eigenvalue weighted by molar-refractivity contribution is -0.0498. The first kappa shape index (κ1) is 18.3. The molecule has 3 aromatic rings. The van der Waals surface area contributed by atoms with Crippen LogP contribution in [0.15, 0.2) is 54.6 Å². The number of hydrogen-bond donors (Lipinski definition) is 0. The number of benzene rings is 2. The molecule has 1 saturated carbocycles. The van der Waals surface area contributed by atoms with Crippen LogP contribution in [-0.2, 0) is 6.54 Å². The molecule has 1 aliphatic carbocycles. The van der Waals surface area contributed by atoms with Gasteiger partial charge in [0.25, 0.3) is 5.91 Å². The molecule has 2 aromatic carbocycles. The molecule has 1 aliphatic rings. The maximum atomic E-state index is 13.1. The van der Waals surface area contributed by atoms with Gasteiger partial charge < -0.3 is 9.64 Å². The van der Waals surface area contributed by atoms with Crippen molar-refractivity contribution in [1.82, 2.24) is 9.88 Å². The monoisotopic (exact) mass is 382 g/mol. The maximum absolute atomic E-state index is 13.1. The average molecular weight is 382 g/mol. The molecule has 1 fully saturated rings. The van der Waals surface area contributed by atoms with Gasteiger partial charge in [0.05, 0.1) is 11.1 Å². The van der Waals surface area contributed by atoms with Crippen LogP contribution in [0.5, 0.6) is 5.75 Å². The second-order valence-corrected chi connectivity index (χ2v) is 7.07. The predicted octanol–water partition coefficient (Wildman–Crippen LogP) is 4.99. The molecule has 1 aromatic heterocycles. The number of para-hydroxylation sites is 1. The third-order valence-corrected chi connectivity index (χ3v) is 4.88. The number of halogens is 2. The molecule has 0 aliphatic heterocycles. The van der Waals surface area contributed by atoms with E-state index >= 15 is 0 Å². The smallest absolute Gasteiger partial charge is 0.387 e. The number of alkyl halides is 2. The lowest BCUT2D eigenvalue weighted by Crippen LogP contribution is -2.26. The first-order chi connectivity index (χ1) is 13.5. The standard InChI is InChI=1S/C22H20F2N2O2/c1-26(13-14-6-10-16(11-7-14)28-22(23)24)21(27)18-12-20(15-8-9-15)25-19-5-3-2-4-17(18)19/h2-7,10-12,15,22H,8-9,13H2,1H3. The van der Waals surface area contributed by atoms with E-state index in [1.807, 2.05) is 30.3 Å². The van der Waals surface area contributed by atoms with Crippen LogP contribution >= 0.6 is 0 Å². The first-order valence-electron chi connectivity index (χ1n) is 9.20. The highest BCUT2D eigenvalue weighted by Crippen LogP contribution is 2.40. The van der Waals surface area contributed by atoms with Gasteiger partial charge in [0.15, 0.2) is 0 Å². The largest absolute Gasteiger partial charge is 0.435 e. The Morgan fingerprint density at radius 1 is 1.18 bits per heavy atom. The van der Waals surface area contributed by atoms with Crippen molar-refractivity contribution in [3.63, 3.8) is 0 Å². The molecule has 1 amide bonds. The van der Waals surface area contributed by atoms with E-state index in [1.54, 1.807) is 24.1 Å². The molecule has 4 rings (SSSR count). The fourth-order valence-electron chi connectivity index (χ4n) is 3.29. The van der Waals surface area contributed by atoms with Crippen LogP contribution in [0, 0.1) is 0 Å². The molecule has 0 unspecified atom stereocenters. The summed E-state index contributed by atoms with van der Waals surface area (Å²) in [7, 11) is 1.73. The number of ether oxygens (including phenoxy) is 1. The lowest BCUT2D eigenvalue weighted by Gasteiger charge is -2.19. The topological polar surface area (TPSA) is 42.4 Å². The minimum absolute atomic E-state index is 0.0894. The number of carbonyl (C=O) groups excluding carboxylic acids is 1. The van der Waals surface area contributed by atoms with E-state index in [9.17, 15) is 13.6 Å². The molecule has 4 nitrogen and oxygen atoms in total. The summed E-state index contributed by atoms with van der Waals surface area (Å²) in [4.78, 5) is 19.5. The third kappa shape index (κ3) is 3.96. The van der Waals surface area contributed by atoms with E-state index in [0.29, 0.717) is 18.0 Å². The number of amides is 1. The Labute approximate surface area is 161 Å². The Balaban J connectivity index is 1.57. The fraction of sp³-hybridized carbons (Fsp3) is 0.273. The minimum Gasteiger partial charge on any atom is -0.435 e. The summed E-state index contributed by atoms with van der Waals surface area (Å²) in [5, 5.41) is 0.837. The lowest BCUT2D eigenvalue weighted by atomic mass is 10.0. The van der Waals surface area contributed by atoms with Gasteiger partial charge in [-0.05, 0) is 42.7 Å². The van der Waals surface area contributed by atoms with Crippen LogP contribution < -0.4 is 4.74 Å². The molecule has 0 bridgehead atoms. The molecule has 28 heavy (non-hydrogen) atoms. The number of rotatable bonds is 6. The third-order valence-electron chi connectivity index (χ3n) is 4.88. The fourth-order valence-corrected chi connectivity index (χ4v) is 3.29. The van der Waals surface area contributed by atoms with Gasteiger partial charge in [-0.1, -0.05) is 30.3 Å². The van der Waals surface area contributed by atoms with Crippen molar-refractivity contribution in [1.29, 1.82) is 0 Å². The van der Waals surface area contributed by atoms with Crippen molar-refractivity contribution in [3.05, 3.63) is 71.4 Å². The Hall–Kier alpha value is -3.02. The van der Waals surface area contributed by atoms with Crippen LogP contribution in [-0.4, -0.2) is 29.5 Å². The summed E-state index contributed by atoms with van der Waals surface area (Å²) in [6, 6.07) is 15.9. The summed E-state index contributed by atoms with van der Waals surface area (Å²) < 4.78 is 28.9. The zero-order chi connectivity index (χ0) is 19.7. The highest BCUT2D eigenvalue weighted by Gasteiger charge is 2.27. The van der Waals surface area contributed by atoms with E-state index < -0.39 is 6.61 Å². The van der Waals surface area contributed by atoms with Crippen LogP contribution in [0.1, 0.15) is 40.4 Å². The Bertz CT molecular complexity index is 1000. The van der Waals surface area contributed by atoms with E-state index in [-0.39, 0.29) is 11.7 Å². The molecule has 1 heterocycles. The SMILES string of the molecule is CN(Cc1ccc(OC(F)F)cc1)C(=O)c1cc(C2CC2)nc2ccccc12. The Morgan fingerprint density at radius 2 is 1.89 bits per heavy atom. The Kier molecular flexibility index (Phi) is 4.94. The summed E-state index contributed by atoms with van der Waals surface area (Å²) >= 11 is 0. The van der Waals surface area contributed by atoms with Crippen molar-refractivity contribution in [2.24, 2.45) is 0 Å². The highest BCUT2D eigenvalue weighted by atomic mass is 19.3. The number of nitrogens with zero attached hydrogens (tertiary/aromatic N) is 2. The van der Waals surface area contributed by atoms with Gasteiger partial charge in [-0.3, -0.25) is 9.78 Å².